The molecule has 1 aliphatic heterocycles. The first-order chi connectivity index (χ1) is 17.0. The van der Waals surface area contributed by atoms with Gasteiger partial charge in [-0.2, -0.15) is 0 Å². The Hall–Kier alpha value is -3.76. The van der Waals surface area contributed by atoms with E-state index in [0.29, 0.717) is 41.0 Å². The van der Waals surface area contributed by atoms with Crippen molar-refractivity contribution in [2.75, 3.05) is 25.5 Å². The lowest BCUT2D eigenvalue weighted by molar-refractivity contribution is 0.0327. The predicted octanol–water partition coefficient (Wildman–Crippen LogP) is 3.89. The summed E-state index contributed by atoms with van der Waals surface area (Å²) in [5.74, 6) is 2.14. The smallest absolute Gasteiger partial charge is 0.339 e. The molecule has 0 spiro atoms. The Morgan fingerprint density at radius 3 is 2.77 bits per heavy atom. The number of likely N-dealkylation sites (tertiary alicyclic amines) is 1. The monoisotopic (exact) mass is 487 g/mol. The number of likely N-dealkylation sites (N-methyl/N-ethyl adjacent to an activating group) is 1. The number of aryl methyl sites for hydroxylation is 1. The van der Waals surface area contributed by atoms with Crippen LogP contribution in [0.1, 0.15) is 33.2 Å². The number of carbonyl (C=O) groups is 1. The van der Waals surface area contributed by atoms with Gasteiger partial charge in [0.1, 0.15) is 29.3 Å². The molecule has 4 aromatic rings. The summed E-state index contributed by atoms with van der Waals surface area (Å²) in [6.45, 7) is 3.67. The van der Waals surface area contributed by atoms with Crippen LogP contribution in [-0.2, 0) is 11.2 Å². The van der Waals surface area contributed by atoms with E-state index in [1.807, 2.05) is 43.6 Å². The van der Waals surface area contributed by atoms with Gasteiger partial charge >= 0.3 is 5.97 Å². The minimum Gasteiger partial charge on any atom is -0.457 e. The van der Waals surface area contributed by atoms with Crippen LogP contribution in [0.5, 0.6) is 0 Å². The first kappa shape index (κ1) is 23.0. The molecular weight excluding hydrogens is 462 g/mol. The van der Waals surface area contributed by atoms with E-state index in [2.05, 4.69) is 35.1 Å². The van der Waals surface area contributed by atoms with Crippen LogP contribution in [0.3, 0.4) is 0 Å². The number of aromatic nitrogens is 5. The van der Waals surface area contributed by atoms with Crippen molar-refractivity contribution in [1.82, 2.24) is 29.8 Å². The van der Waals surface area contributed by atoms with E-state index in [4.69, 9.17) is 4.74 Å². The van der Waals surface area contributed by atoms with Crippen molar-refractivity contribution in [2.24, 2.45) is 0 Å². The van der Waals surface area contributed by atoms with Crippen LogP contribution in [-0.4, -0.2) is 62.0 Å². The van der Waals surface area contributed by atoms with Gasteiger partial charge in [-0.05, 0) is 50.7 Å². The van der Waals surface area contributed by atoms with Crippen molar-refractivity contribution in [3.05, 3.63) is 76.1 Å². The topological polar surface area (TPSA) is 106 Å². The summed E-state index contributed by atoms with van der Waals surface area (Å²) in [5, 5.41) is 5.05. The standard InChI is InChI=1S/C25H25N7O2S/c1-16-4-3-5-20(28-16)24-27-10-7-22(31-24)29-21-6-9-26-23(30-21)13-19-12-17(15-35-19)25(33)34-18-8-11-32(2)14-18/h3-7,9-10,12,15,18H,8,11,13-14H2,1-2H3,(H,26,27,29,30,31)/t18-/m0/s1. The Kier molecular flexibility index (Phi) is 6.73. The molecule has 0 saturated carbocycles. The Labute approximate surface area is 207 Å². The molecule has 0 amide bonds. The minimum atomic E-state index is -0.271. The molecule has 0 radical (unpaired) electrons. The van der Waals surface area contributed by atoms with Crippen molar-refractivity contribution in [1.29, 1.82) is 0 Å². The molecule has 1 N–H and O–H groups in total. The average molecular weight is 488 g/mol. The van der Waals surface area contributed by atoms with Crippen molar-refractivity contribution >= 4 is 28.9 Å². The lowest BCUT2D eigenvalue weighted by Crippen LogP contribution is -2.22. The van der Waals surface area contributed by atoms with Gasteiger partial charge in [0.25, 0.3) is 0 Å². The summed E-state index contributed by atoms with van der Waals surface area (Å²) in [4.78, 5) is 38.0. The van der Waals surface area contributed by atoms with E-state index in [1.54, 1.807) is 24.5 Å². The third kappa shape index (κ3) is 5.84. The highest BCUT2D eigenvalue weighted by atomic mass is 32.1. The number of nitrogens with zero attached hydrogens (tertiary/aromatic N) is 6. The quantitative estimate of drug-likeness (QED) is 0.389. The number of hydrogen-bond donors (Lipinski definition) is 1. The number of carbonyl (C=O) groups excluding carboxylic acids is 1. The van der Waals surface area contributed by atoms with Gasteiger partial charge in [0.05, 0.1) is 5.56 Å². The Morgan fingerprint density at radius 2 is 1.97 bits per heavy atom. The maximum atomic E-state index is 12.5. The predicted molar refractivity (Wildman–Crippen MR) is 134 cm³/mol. The van der Waals surface area contributed by atoms with E-state index in [0.717, 1.165) is 30.1 Å². The van der Waals surface area contributed by atoms with Gasteiger partial charge in [-0.3, -0.25) is 0 Å². The van der Waals surface area contributed by atoms with Gasteiger partial charge in [-0.15, -0.1) is 11.3 Å². The minimum absolute atomic E-state index is 0.0362. The largest absolute Gasteiger partial charge is 0.457 e. The SMILES string of the molecule is Cc1cccc(-c2nccc(Nc3ccnc(Cc4cc(C(=O)O[C@H]5CCN(C)C5)cs4)n3)n2)n1. The molecule has 1 fully saturated rings. The Balaban J connectivity index is 1.24. The highest BCUT2D eigenvalue weighted by molar-refractivity contribution is 7.10. The molecule has 10 heteroatoms. The van der Waals surface area contributed by atoms with Gasteiger partial charge < -0.3 is 15.0 Å². The second kappa shape index (κ2) is 10.2. The van der Waals surface area contributed by atoms with Gasteiger partial charge in [-0.1, -0.05) is 6.07 Å². The number of anilines is 2. The fourth-order valence-corrected chi connectivity index (χ4v) is 4.70. The summed E-state index contributed by atoms with van der Waals surface area (Å²) < 4.78 is 5.63. The van der Waals surface area contributed by atoms with Gasteiger partial charge in [0.15, 0.2) is 5.82 Å². The molecule has 0 unspecified atom stereocenters. The molecule has 35 heavy (non-hydrogen) atoms. The third-order valence-electron chi connectivity index (χ3n) is 5.58. The molecule has 9 nitrogen and oxygen atoms in total. The molecule has 1 saturated heterocycles. The van der Waals surface area contributed by atoms with E-state index in [1.165, 1.54) is 11.3 Å². The molecule has 178 valence electrons. The maximum Gasteiger partial charge on any atom is 0.339 e. The van der Waals surface area contributed by atoms with E-state index < -0.39 is 0 Å². The number of ether oxygens (including phenoxy) is 1. The highest BCUT2D eigenvalue weighted by Gasteiger charge is 2.24. The lowest BCUT2D eigenvalue weighted by Gasteiger charge is -2.11. The van der Waals surface area contributed by atoms with E-state index in [9.17, 15) is 4.79 Å². The normalized spacial score (nSPS) is 15.8. The zero-order valence-electron chi connectivity index (χ0n) is 19.5. The van der Waals surface area contributed by atoms with E-state index in [-0.39, 0.29) is 12.1 Å². The molecule has 1 aliphatic rings. The number of esters is 1. The van der Waals surface area contributed by atoms with Crippen molar-refractivity contribution in [3.63, 3.8) is 0 Å². The lowest BCUT2D eigenvalue weighted by atomic mass is 10.2. The van der Waals surface area contributed by atoms with Crippen LogP contribution in [0.4, 0.5) is 11.6 Å². The fourth-order valence-electron chi connectivity index (χ4n) is 3.85. The second-order valence-corrected chi connectivity index (χ2v) is 9.47. The number of pyridine rings is 1. The zero-order valence-corrected chi connectivity index (χ0v) is 20.3. The van der Waals surface area contributed by atoms with Crippen molar-refractivity contribution < 1.29 is 9.53 Å². The van der Waals surface area contributed by atoms with Gasteiger partial charge in [0.2, 0.25) is 0 Å². The van der Waals surface area contributed by atoms with E-state index >= 15 is 0 Å². The fraction of sp³-hybridized carbons (Fsp3) is 0.280. The molecular formula is C25H25N7O2S. The number of hydrogen-bond acceptors (Lipinski definition) is 10. The first-order valence-corrected chi connectivity index (χ1v) is 12.2. The van der Waals surface area contributed by atoms with Crippen LogP contribution in [0.25, 0.3) is 11.5 Å². The molecule has 0 aliphatic carbocycles. The van der Waals surface area contributed by atoms with Crippen LogP contribution in [0, 0.1) is 6.92 Å². The summed E-state index contributed by atoms with van der Waals surface area (Å²) >= 11 is 1.50. The second-order valence-electron chi connectivity index (χ2n) is 8.47. The molecule has 5 heterocycles. The molecule has 0 bridgehead atoms. The van der Waals surface area contributed by atoms with Crippen LogP contribution >= 0.6 is 11.3 Å². The highest BCUT2D eigenvalue weighted by Crippen LogP contribution is 2.21. The average Bonchev–Trinajstić information content (AvgIpc) is 3.48. The number of rotatable bonds is 7. The van der Waals surface area contributed by atoms with Crippen molar-refractivity contribution in [3.8, 4) is 11.5 Å². The van der Waals surface area contributed by atoms with Crippen LogP contribution < -0.4 is 5.32 Å². The maximum absolute atomic E-state index is 12.5. The molecule has 0 aromatic carbocycles. The molecule has 1 atom stereocenters. The molecule has 5 rings (SSSR count). The van der Waals surface area contributed by atoms with Crippen LogP contribution in [0.2, 0.25) is 0 Å². The number of nitrogens with one attached hydrogen (secondary N) is 1. The van der Waals surface area contributed by atoms with Crippen molar-refractivity contribution in [2.45, 2.75) is 25.9 Å². The summed E-state index contributed by atoms with van der Waals surface area (Å²) in [5.41, 5.74) is 2.19. The zero-order chi connectivity index (χ0) is 24.2. The van der Waals surface area contributed by atoms with Gasteiger partial charge in [-0.25, -0.2) is 29.7 Å². The number of thiophene rings is 1. The summed E-state index contributed by atoms with van der Waals surface area (Å²) in [6.07, 6.45) is 4.75. The summed E-state index contributed by atoms with van der Waals surface area (Å²) in [6, 6.07) is 11.2. The summed E-state index contributed by atoms with van der Waals surface area (Å²) in [7, 11) is 2.03. The Bertz CT molecular complexity index is 1340. The van der Waals surface area contributed by atoms with Crippen LogP contribution in [0.15, 0.2) is 54.2 Å². The Morgan fingerprint density at radius 1 is 1.14 bits per heavy atom. The first-order valence-electron chi connectivity index (χ1n) is 11.3. The third-order valence-corrected chi connectivity index (χ3v) is 6.51. The van der Waals surface area contributed by atoms with Gasteiger partial charge in [0, 0.05) is 47.9 Å². The molecule has 4 aromatic heterocycles.